The Morgan fingerprint density at radius 2 is 2.00 bits per heavy atom. The van der Waals surface area contributed by atoms with E-state index in [1.54, 1.807) is 12.1 Å². The smallest absolute Gasteiger partial charge is 0.214 e. The monoisotopic (exact) mass is 225 g/mol. The molecule has 0 heterocycles. The van der Waals surface area contributed by atoms with E-state index in [1.165, 1.54) is 7.05 Å². The third kappa shape index (κ3) is 1.92. The van der Waals surface area contributed by atoms with E-state index in [9.17, 15) is 8.42 Å². The largest absolute Gasteiger partial charge is 0.240 e. The van der Waals surface area contributed by atoms with Crippen molar-refractivity contribution in [2.75, 3.05) is 7.05 Å². The minimum Gasteiger partial charge on any atom is -0.214 e. The number of rotatable bonds is 3. The van der Waals surface area contributed by atoms with Gasteiger partial charge in [0.15, 0.2) is 0 Å². The molecule has 2 rings (SSSR count). The first kappa shape index (κ1) is 10.6. The van der Waals surface area contributed by atoms with E-state index in [-0.39, 0.29) is 0 Å². The summed E-state index contributed by atoms with van der Waals surface area (Å²) >= 11 is 0. The molecule has 0 amide bonds. The highest BCUT2D eigenvalue weighted by atomic mass is 32.2. The molecule has 1 saturated carbocycles. The lowest BCUT2D eigenvalue weighted by molar-refractivity contribution is 0.587. The summed E-state index contributed by atoms with van der Waals surface area (Å²) in [6, 6.07) is 5.46. The van der Waals surface area contributed by atoms with Crippen LogP contribution in [0.1, 0.15) is 29.9 Å². The zero-order valence-corrected chi connectivity index (χ0v) is 9.76. The van der Waals surface area contributed by atoms with Gasteiger partial charge in [0.05, 0.1) is 4.90 Å². The molecule has 1 aromatic rings. The average Bonchev–Trinajstić information content (AvgIpc) is 3.01. The summed E-state index contributed by atoms with van der Waals surface area (Å²) in [5.41, 5.74) is 2.08. The summed E-state index contributed by atoms with van der Waals surface area (Å²) in [7, 11) is -1.85. The van der Waals surface area contributed by atoms with Crippen LogP contribution in [0.4, 0.5) is 0 Å². The fourth-order valence-electron chi connectivity index (χ4n) is 1.89. The van der Waals surface area contributed by atoms with Crippen LogP contribution in [0.3, 0.4) is 0 Å². The first-order valence-corrected chi connectivity index (χ1v) is 6.57. The van der Waals surface area contributed by atoms with Crippen molar-refractivity contribution >= 4 is 10.0 Å². The van der Waals surface area contributed by atoms with Crippen molar-refractivity contribution in [1.29, 1.82) is 0 Å². The molecule has 1 aliphatic carbocycles. The van der Waals surface area contributed by atoms with Crippen LogP contribution in [0.25, 0.3) is 0 Å². The number of benzene rings is 1. The molecule has 0 atom stereocenters. The molecule has 0 aliphatic heterocycles. The number of aryl methyl sites for hydroxylation is 1. The molecule has 0 radical (unpaired) electrons. The van der Waals surface area contributed by atoms with Gasteiger partial charge >= 0.3 is 0 Å². The third-order valence-electron chi connectivity index (χ3n) is 2.83. The maximum absolute atomic E-state index is 11.8. The number of nitrogens with one attached hydrogen (secondary N) is 1. The second-order valence-electron chi connectivity index (χ2n) is 3.97. The Hall–Kier alpha value is -0.870. The van der Waals surface area contributed by atoms with Gasteiger partial charge in [-0.25, -0.2) is 13.1 Å². The van der Waals surface area contributed by atoms with Crippen molar-refractivity contribution < 1.29 is 8.42 Å². The zero-order valence-electron chi connectivity index (χ0n) is 8.95. The Balaban J connectivity index is 2.60. The fraction of sp³-hybridized carbons (Fsp3) is 0.455. The molecule has 0 aromatic heterocycles. The molecular weight excluding hydrogens is 210 g/mol. The minimum atomic E-state index is -3.31. The van der Waals surface area contributed by atoms with Crippen molar-refractivity contribution in [2.45, 2.75) is 30.6 Å². The van der Waals surface area contributed by atoms with Gasteiger partial charge in [-0.1, -0.05) is 12.1 Å². The molecule has 4 heteroatoms. The Bertz CT molecular complexity index is 475. The quantitative estimate of drug-likeness (QED) is 0.852. The van der Waals surface area contributed by atoms with Crippen LogP contribution in [-0.2, 0) is 10.0 Å². The van der Waals surface area contributed by atoms with Gasteiger partial charge in [-0.2, -0.15) is 0 Å². The van der Waals surface area contributed by atoms with Gasteiger partial charge in [0.25, 0.3) is 0 Å². The predicted octanol–water partition coefficient (Wildman–Crippen LogP) is 1.78. The first-order chi connectivity index (χ1) is 7.06. The van der Waals surface area contributed by atoms with Crippen LogP contribution >= 0.6 is 0 Å². The second-order valence-corrected chi connectivity index (χ2v) is 5.82. The van der Waals surface area contributed by atoms with Crippen molar-refractivity contribution in [2.24, 2.45) is 0 Å². The topological polar surface area (TPSA) is 46.2 Å². The van der Waals surface area contributed by atoms with Gasteiger partial charge in [-0.05, 0) is 49.9 Å². The summed E-state index contributed by atoms with van der Waals surface area (Å²) in [6.45, 7) is 1.97. The normalized spacial score (nSPS) is 16.7. The summed E-state index contributed by atoms with van der Waals surface area (Å²) in [4.78, 5) is 0.451. The summed E-state index contributed by atoms with van der Waals surface area (Å²) in [5, 5.41) is 0. The summed E-state index contributed by atoms with van der Waals surface area (Å²) in [5.74, 6) is 0.448. The van der Waals surface area contributed by atoms with E-state index in [0.717, 1.165) is 24.0 Å². The third-order valence-corrected chi connectivity index (χ3v) is 4.30. The molecule has 1 fully saturated rings. The van der Waals surface area contributed by atoms with Crippen LogP contribution < -0.4 is 4.72 Å². The van der Waals surface area contributed by atoms with E-state index in [2.05, 4.69) is 4.72 Å². The Labute approximate surface area is 90.6 Å². The highest BCUT2D eigenvalue weighted by molar-refractivity contribution is 7.89. The number of hydrogen-bond donors (Lipinski definition) is 1. The van der Waals surface area contributed by atoms with E-state index in [1.807, 2.05) is 13.0 Å². The molecule has 1 N–H and O–H groups in total. The van der Waals surface area contributed by atoms with Gasteiger partial charge < -0.3 is 0 Å². The molecule has 0 unspecified atom stereocenters. The molecule has 0 saturated heterocycles. The van der Waals surface area contributed by atoms with E-state index in [0.29, 0.717) is 10.8 Å². The van der Waals surface area contributed by atoms with Crippen molar-refractivity contribution in [3.05, 3.63) is 29.3 Å². The molecule has 1 aliphatic rings. The zero-order chi connectivity index (χ0) is 11.1. The highest BCUT2D eigenvalue weighted by Crippen LogP contribution is 2.44. The lowest BCUT2D eigenvalue weighted by Crippen LogP contribution is -2.20. The van der Waals surface area contributed by atoms with Gasteiger partial charge in [0.1, 0.15) is 0 Å². The molecule has 15 heavy (non-hydrogen) atoms. The first-order valence-electron chi connectivity index (χ1n) is 5.09. The molecule has 3 nitrogen and oxygen atoms in total. The van der Waals surface area contributed by atoms with Crippen LogP contribution in [-0.4, -0.2) is 15.5 Å². The second kappa shape index (κ2) is 3.61. The Morgan fingerprint density at radius 1 is 1.33 bits per heavy atom. The van der Waals surface area contributed by atoms with E-state index >= 15 is 0 Å². The molecule has 82 valence electrons. The maximum atomic E-state index is 11.8. The maximum Gasteiger partial charge on any atom is 0.240 e. The summed E-state index contributed by atoms with van der Waals surface area (Å²) in [6.07, 6.45) is 2.22. The number of sulfonamides is 1. The fourth-order valence-corrected chi connectivity index (χ4v) is 2.99. The minimum absolute atomic E-state index is 0.448. The molecular formula is C11H15NO2S. The van der Waals surface area contributed by atoms with Gasteiger partial charge in [0.2, 0.25) is 10.0 Å². The van der Waals surface area contributed by atoms with Gasteiger partial charge in [-0.15, -0.1) is 0 Å². The van der Waals surface area contributed by atoms with Crippen LogP contribution in [0.2, 0.25) is 0 Å². The summed E-state index contributed by atoms with van der Waals surface area (Å²) < 4.78 is 26.0. The molecule has 0 bridgehead atoms. The Kier molecular flexibility index (Phi) is 2.56. The Morgan fingerprint density at radius 3 is 2.53 bits per heavy atom. The molecule has 1 aromatic carbocycles. The van der Waals surface area contributed by atoms with Crippen LogP contribution in [0, 0.1) is 6.92 Å². The van der Waals surface area contributed by atoms with E-state index < -0.39 is 10.0 Å². The van der Waals surface area contributed by atoms with Crippen LogP contribution in [0.15, 0.2) is 23.1 Å². The van der Waals surface area contributed by atoms with E-state index in [4.69, 9.17) is 0 Å². The lowest BCUT2D eigenvalue weighted by Gasteiger charge is -2.11. The van der Waals surface area contributed by atoms with Gasteiger partial charge in [0, 0.05) is 0 Å². The standard InChI is InChI=1S/C11H15NO2S/c1-8-4-3-5-10(15(13,14)12-2)11(8)9-6-7-9/h3-5,9,12H,6-7H2,1-2H3. The number of hydrogen-bond acceptors (Lipinski definition) is 2. The average molecular weight is 225 g/mol. The SMILES string of the molecule is CNS(=O)(=O)c1cccc(C)c1C1CC1. The lowest BCUT2D eigenvalue weighted by atomic mass is 10.0. The van der Waals surface area contributed by atoms with Crippen molar-refractivity contribution in [1.82, 2.24) is 4.72 Å². The van der Waals surface area contributed by atoms with Crippen LogP contribution in [0.5, 0.6) is 0 Å². The highest BCUT2D eigenvalue weighted by Gasteiger charge is 2.30. The predicted molar refractivity (Wildman–Crippen MR) is 59.4 cm³/mol. The molecule has 0 spiro atoms. The van der Waals surface area contributed by atoms with Crippen molar-refractivity contribution in [3.8, 4) is 0 Å². The van der Waals surface area contributed by atoms with Gasteiger partial charge in [-0.3, -0.25) is 0 Å². The van der Waals surface area contributed by atoms with Crippen molar-refractivity contribution in [3.63, 3.8) is 0 Å².